The van der Waals surface area contributed by atoms with Crippen LogP contribution in [0.3, 0.4) is 0 Å². The maximum Gasteiger partial charge on any atom is 0.204 e. The molecule has 0 aromatic heterocycles. The molecule has 6 heteroatoms. The molecule has 0 heterocycles. The van der Waals surface area contributed by atoms with Crippen LogP contribution in [0.1, 0.15) is 0 Å². The van der Waals surface area contributed by atoms with Crippen molar-refractivity contribution < 1.29 is 27.8 Å². The van der Waals surface area contributed by atoms with Crippen molar-refractivity contribution in [1.29, 1.82) is 0 Å². The first kappa shape index (κ1) is 20.9. The lowest BCUT2D eigenvalue weighted by Gasteiger charge is -2.08. The Morgan fingerprint density at radius 3 is 2.38 bits per heavy atom. The van der Waals surface area contributed by atoms with Gasteiger partial charge in [-0.1, -0.05) is 38.5 Å². The zero-order valence-electron chi connectivity index (χ0n) is 14.3. The minimum absolute atomic E-state index is 0.0276. The highest BCUT2D eigenvalue weighted by Crippen LogP contribution is 2.27. The summed E-state index contributed by atoms with van der Waals surface area (Å²) < 4.78 is 50.5. The molecule has 0 fully saturated rings. The third-order valence-electron chi connectivity index (χ3n) is 3.19. The number of aromatic hydroxyl groups is 1. The van der Waals surface area contributed by atoms with Gasteiger partial charge in [-0.2, -0.15) is 8.78 Å². The maximum absolute atomic E-state index is 13.9. The quantitative estimate of drug-likeness (QED) is 0.478. The van der Waals surface area contributed by atoms with Crippen LogP contribution >= 0.6 is 0 Å². The molecule has 0 spiro atoms. The van der Waals surface area contributed by atoms with Crippen LogP contribution in [0.4, 0.5) is 13.2 Å². The average molecular weight is 364 g/mol. The van der Waals surface area contributed by atoms with Gasteiger partial charge in [0.25, 0.3) is 0 Å². The zero-order chi connectivity index (χ0) is 19.9. The van der Waals surface area contributed by atoms with Crippen molar-refractivity contribution in [2.24, 2.45) is 0 Å². The third kappa shape index (κ3) is 5.73. The van der Waals surface area contributed by atoms with E-state index in [0.717, 1.165) is 18.2 Å². The highest BCUT2D eigenvalue weighted by atomic mass is 19.2. The average Bonchev–Trinajstić information content (AvgIpc) is 2.62. The summed E-state index contributed by atoms with van der Waals surface area (Å²) >= 11 is 0. The topological polar surface area (TPSA) is 38.7 Å². The van der Waals surface area contributed by atoms with E-state index < -0.39 is 23.2 Å². The highest BCUT2D eigenvalue weighted by Gasteiger charge is 2.13. The monoisotopic (exact) mass is 364 g/mol. The van der Waals surface area contributed by atoms with Gasteiger partial charge >= 0.3 is 0 Å². The Bertz CT molecular complexity index is 805. The molecule has 26 heavy (non-hydrogen) atoms. The van der Waals surface area contributed by atoms with Crippen LogP contribution < -0.4 is 4.74 Å². The first-order valence-electron chi connectivity index (χ1n) is 7.31. The highest BCUT2D eigenvalue weighted by molar-refractivity contribution is 5.48. The number of hydrogen-bond donors (Lipinski definition) is 1. The number of phenols is 1. The third-order valence-corrected chi connectivity index (χ3v) is 3.19. The summed E-state index contributed by atoms with van der Waals surface area (Å²) in [6, 6.07) is 2.07. The molecule has 3 nitrogen and oxygen atoms in total. The smallest absolute Gasteiger partial charge is 0.204 e. The SMILES string of the molecule is C=C(/C=C\C(=C)C(=C)/C(F)=C\C(=C)OC)COc1ccc(O)c(F)c1F. The van der Waals surface area contributed by atoms with Gasteiger partial charge in [0.15, 0.2) is 11.5 Å². The first-order chi connectivity index (χ1) is 12.2. The normalized spacial score (nSPS) is 11.3. The van der Waals surface area contributed by atoms with Gasteiger partial charge in [0.1, 0.15) is 18.2 Å². The van der Waals surface area contributed by atoms with Gasteiger partial charge in [0, 0.05) is 11.6 Å². The Kier molecular flexibility index (Phi) is 7.52. The summed E-state index contributed by atoms with van der Waals surface area (Å²) in [5, 5.41) is 9.05. The second-order valence-electron chi connectivity index (χ2n) is 5.16. The molecule has 0 atom stereocenters. The van der Waals surface area contributed by atoms with Crippen LogP contribution in [-0.2, 0) is 4.74 Å². The standard InChI is InChI=1S/C20H19F3O3/c1-12(11-26-18-9-8-17(24)19(22)20(18)23)6-7-13(2)15(4)16(21)10-14(3)25-5/h6-10,24H,1-4,11H2,5H3/b7-6-,16-10+. The molecule has 0 unspecified atom stereocenters. The van der Waals surface area contributed by atoms with Crippen molar-refractivity contribution in [2.75, 3.05) is 13.7 Å². The van der Waals surface area contributed by atoms with Crippen molar-refractivity contribution >= 4 is 0 Å². The molecule has 0 aliphatic rings. The van der Waals surface area contributed by atoms with Crippen molar-refractivity contribution in [3.63, 3.8) is 0 Å². The fourth-order valence-electron chi connectivity index (χ4n) is 1.61. The van der Waals surface area contributed by atoms with Crippen LogP contribution in [0.2, 0.25) is 0 Å². The fraction of sp³-hybridized carbons (Fsp3) is 0.100. The molecule has 0 saturated carbocycles. The van der Waals surface area contributed by atoms with Crippen molar-refractivity contribution in [1.82, 2.24) is 0 Å². The minimum atomic E-state index is -1.40. The predicted molar refractivity (Wildman–Crippen MR) is 95.4 cm³/mol. The van der Waals surface area contributed by atoms with E-state index in [1.54, 1.807) is 0 Å². The number of benzene rings is 1. The molecular weight excluding hydrogens is 345 g/mol. The largest absolute Gasteiger partial charge is 0.505 e. The Balaban J connectivity index is 2.66. The van der Waals surface area contributed by atoms with Crippen LogP contribution in [0, 0.1) is 11.6 Å². The summed E-state index contributed by atoms with van der Waals surface area (Å²) in [5.74, 6) is -4.41. The fourth-order valence-corrected chi connectivity index (χ4v) is 1.61. The second-order valence-corrected chi connectivity index (χ2v) is 5.16. The maximum atomic E-state index is 13.9. The van der Waals surface area contributed by atoms with Crippen LogP contribution in [0.25, 0.3) is 0 Å². The summed E-state index contributed by atoms with van der Waals surface area (Å²) in [7, 11) is 1.36. The Morgan fingerprint density at radius 1 is 1.12 bits per heavy atom. The molecule has 1 aromatic carbocycles. The van der Waals surface area contributed by atoms with Gasteiger partial charge < -0.3 is 14.6 Å². The lowest BCUT2D eigenvalue weighted by Crippen LogP contribution is -2.01. The summed E-state index contributed by atoms with van der Waals surface area (Å²) in [5.41, 5.74) is 0.683. The molecule has 1 rings (SSSR count). The molecule has 0 saturated heterocycles. The Hall–Kier alpha value is -3.15. The Morgan fingerprint density at radius 2 is 1.77 bits per heavy atom. The van der Waals surface area contributed by atoms with Gasteiger partial charge in [-0.25, -0.2) is 4.39 Å². The predicted octanol–water partition coefficient (Wildman–Crippen LogP) is 5.29. The molecule has 0 radical (unpaired) electrons. The van der Waals surface area contributed by atoms with Gasteiger partial charge in [-0.15, -0.1) is 0 Å². The van der Waals surface area contributed by atoms with E-state index >= 15 is 0 Å². The summed E-state index contributed by atoms with van der Waals surface area (Å²) in [6.07, 6.45) is 3.99. The van der Waals surface area contributed by atoms with E-state index in [-0.39, 0.29) is 29.3 Å². The molecule has 0 aliphatic heterocycles. The van der Waals surface area contributed by atoms with Gasteiger partial charge in [-0.05, 0) is 23.3 Å². The molecule has 0 bridgehead atoms. The van der Waals surface area contributed by atoms with E-state index in [9.17, 15) is 13.2 Å². The number of ether oxygens (including phenoxy) is 2. The minimum Gasteiger partial charge on any atom is -0.505 e. The first-order valence-corrected chi connectivity index (χ1v) is 7.31. The van der Waals surface area contributed by atoms with E-state index in [4.69, 9.17) is 14.6 Å². The molecule has 1 N–H and O–H groups in total. The lowest BCUT2D eigenvalue weighted by molar-refractivity contribution is 0.307. The molecular formula is C20H19F3O3. The lowest BCUT2D eigenvalue weighted by atomic mass is 10.1. The molecule has 0 amide bonds. The van der Waals surface area contributed by atoms with Crippen molar-refractivity contribution in [3.8, 4) is 11.5 Å². The number of allylic oxidation sites excluding steroid dienone is 5. The van der Waals surface area contributed by atoms with Gasteiger partial charge in [0.2, 0.25) is 11.6 Å². The van der Waals surface area contributed by atoms with Gasteiger partial charge in [0.05, 0.1) is 7.11 Å². The van der Waals surface area contributed by atoms with E-state index in [0.29, 0.717) is 5.57 Å². The number of rotatable bonds is 9. The number of methoxy groups -OCH3 is 1. The van der Waals surface area contributed by atoms with E-state index in [1.807, 2.05) is 0 Å². The van der Waals surface area contributed by atoms with Crippen LogP contribution in [-0.4, -0.2) is 18.8 Å². The molecule has 1 aromatic rings. The number of phenolic OH excluding ortho intramolecular Hbond substituents is 1. The van der Waals surface area contributed by atoms with Crippen LogP contribution in [0.15, 0.2) is 85.0 Å². The van der Waals surface area contributed by atoms with E-state index in [2.05, 4.69) is 26.3 Å². The van der Waals surface area contributed by atoms with E-state index in [1.165, 1.54) is 19.3 Å². The zero-order valence-corrected chi connectivity index (χ0v) is 14.3. The van der Waals surface area contributed by atoms with Crippen molar-refractivity contribution in [3.05, 3.63) is 96.6 Å². The number of hydrogen-bond acceptors (Lipinski definition) is 3. The van der Waals surface area contributed by atoms with Crippen molar-refractivity contribution in [2.45, 2.75) is 0 Å². The Labute approximate surface area is 150 Å². The molecule has 0 aliphatic carbocycles. The second kappa shape index (κ2) is 9.36. The summed E-state index contributed by atoms with van der Waals surface area (Å²) in [4.78, 5) is 0. The van der Waals surface area contributed by atoms with Crippen LogP contribution in [0.5, 0.6) is 11.5 Å². The summed E-state index contributed by atoms with van der Waals surface area (Å²) in [6.45, 7) is 14.3. The number of halogens is 3. The van der Waals surface area contributed by atoms with Gasteiger partial charge in [-0.3, -0.25) is 0 Å². The molecule has 138 valence electrons.